The number of carbonyl (C=O) groups is 1. The predicted molar refractivity (Wildman–Crippen MR) is 97.9 cm³/mol. The molecule has 0 fully saturated rings. The Labute approximate surface area is 149 Å². The van der Waals surface area contributed by atoms with E-state index in [-0.39, 0.29) is 23.1 Å². The van der Waals surface area contributed by atoms with E-state index in [1.807, 2.05) is 37.3 Å². The number of fused-ring (bicyclic) bond motifs is 1. The number of nitrogens with one attached hydrogen (secondary N) is 1. The van der Waals surface area contributed by atoms with E-state index in [4.69, 9.17) is 0 Å². The number of rotatable bonds is 4. The standard InChI is InChI=1S/C18H21N5O3/c1-11(13-8-6-5-7-9-13)20-16(24)12(2)23-10-19-15-14(23)17(25)22(4)18(26)21(15)3/h5-12H,1-4H3,(H,20,24)/t11-,12+/m0/s1. The van der Waals surface area contributed by atoms with E-state index in [0.717, 1.165) is 10.1 Å². The molecule has 8 nitrogen and oxygen atoms in total. The molecule has 3 aromatic rings. The highest BCUT2D eigenvalue weighted by molar-refractivity contribution is 5.82. The maximum absolute atomic E-state index is 12.7. The predicted octanol–water partition coefficient (Wildman–Crippen LogP) is 0.872. The molecular formula is C18H21N5O3. The number of hydrogen-bond donors (Lipinski definition) is 1. The molecule has 8 heteroatoms. The molecule has 0 radical (unpaired) electrons. The van der Waals surface area contributed by atoms with E-state index in [1.165, 1.54) is 22.5 Å². The van der Waals surface area contributed by atoms with Gasteiger partial charge in [-0.15, -0.1) is 0 Å². The van der Waals surface area contributed by atoms with E-state index in [1.54, 1.807) is 14.0 Å². The van der Waals surface area contributed by atoms with Crippen molar-refractivity contribution in [3.8, 4) is 0 Å². The molecule has 0 bridgehead atoms. The fourth-order valence-corrected chi connectivity index (χ4v) is 2.94. The molecule has 1 amide bonds. The van der Waals surface area contributed by atoms with Gasteiger partial charge in [0.05, 0.1) is 12.4 Å². The Morgan fingerprint density at radius 1 is 1.08 bits per heavy atom. The van der Waals surface area contributed by atoms with Crippen molar-refractivity contribution in [3.05, 3.63) is 63.1 Å². The molecular weight excluding hydrogens is 334 g/mol. The van der Waals surface area contributed by atoms with E-state index < -0.39 is 17.3 Å². The Bertz CT molecular complexity index is 1080. The maximum Gasteiger partial charge on any atom is 0.332 e. The minimum Gasteiger partial charge on any atom is -0.348 e. The van der Waals surface area contributed by atoms with Crippen molar-refractivity contribution in [2.45, 2.75) is 25.9 Å². The number of imidazole rings is 1. The van der Waals surface area contributed by atoms with Gasteiger partial charge in [-0.2, -0.15) is 0 Å². The second-order valence-corrected chi connectivity index (χ2v) is 6.35. The monoisotopic (exact) mass is 355 g/mol. The molecule has 2 heterocycles. The molecule has 136 valence electrons. The van der Waals surface area contributed by atoms with Gasteiger partial charge in [-0.05, 0) is 19.4 Å². The number of hydrogen-bond acceptors (Lipinski definition) is 4. The topological polar surface area (TPSA) is 90.9 Å². The zero-order valence-electron chi connectivity index (χ0n) is 15.1. The first-order chi connectivity index (χ1) is 12.3. The highest BCUT2D eigenvalue weighted by Gasteiger charge is 2.23. The highest BCUT2D eigenvalue weighted by atomic mass is 16.2. The van der Waals surface area contributed by atoms with Gasteiger partial charge < -0.3 is 9.88 Å². The molecule has 0 saturated heterocycles. The lowest BCUT2D eigenvalue weighted by molar-refractivity contribution is -0.124. The van der Waals surface area contributed by atoms with Crippen molar-refractivity contribution in [3.63, 3.8) is 0 Å². The lowest BCUT2D eigenvalue weighted by atomic mass is 10.1. The quantitative estimate of drug-likeness (QED) is 0.752. The summed E-state index contributed by atoms with van der Waals surface area (Å²) in [5.74, 6) is -0.239. The summed E-state index contributed by atoms with van der Waals surface area (Å²) in [5, 5.41) is 2.94. The van der Waals surface area contributed by atoms with E-state index in [9.17, 15) is 14.4 Å². The fourth-order valence-electron chi connectivity index (χ4n) is 2.94. The van der Waals surface area contributed by atoms with Crippen LogP contribution in [0.1, 0.15) is 31.5 Å². The van der Waals surface area contributed by atoms with Crippen molar-refractivity contribution >= 4 is 17.1 Å². The Morgan fingerprint density at radius 2 is 1.73 bits per heavy atom. The van der Waals surface area contributed by atoms with E-state index in [0.29, 0.717) is 0 Å². The third kappa shape index (κ3) is 2.83. The van der Waals surface area contributed by atoms with Crippen molar-refractivity contribution < 1.29 is 4.79 Å². The molecule has 1 aromatic carbocycles. The molecule has 0 saturated carbocycles. The number of benzene rings is 1. The van der Waals surface area contributed by atoms with Crippen molar-refractivity contribution in [2.24, 2.45) is 14.1 Å². The fraction of sp³-hybridized carbons (Fsp3) is 0.333. The normalized spacial score (nSPS) is 13.5. The summed E-state index contributed by atoms with van der Waals surface area (Å²) < 4.78 is 3.81. The molecule has 26 heavy (non-hydrogen) atoms. The van der Waals surface area contributed by atoms with Crippen LogP contribution in [-0.4, -0.2) is 24.6 Å². The highest BCUT2D eigenvalue weighted by Crippen LogP contribution is 2.16. The minimum atomic E-state index is -0.656. The van der Waals surface area contributed by atoms with Crippen LogP contribution >= 0.6 is 0 Å². The lowest BCUT2D eigenvalue weighted by Crippen LogP contribution is -2.39. The smallest absolute Gasteiger partial charge is 0.332 e. The summed E-state index contributed by atoms with van der Waals surface area (Å²) >= 11 is 0. The van der Waals surface area contributed by atoms with Gasteiger partial charge >= 0.3 is 5.69 Å². The summed E-state index contributed by atoms with van der Waals surface area (Å²) in [4.78, 5) is 41.4. The first-order valence-electron chi connectivity index (χ1n) is 8.30. The van der Waals surface area contributed by atoms with Gasteiger partial charge in [-0.3, -0.25) is 18.7 Å². The molecule has 3 rings (SSSR count). The molecule has 2 aromatic heterocycles. The van der Waals surface area contributed by atoms with Gasteiger partial charge in [0, 0.05) is 14.1 Å². The van der Waals surface area contributed by atoms with E-state index in [2.05, 4.69) is 10.3 Å². The maximum atomic E-state index is 12.7. The van der Waals surface area contributed by atoms with Crippen molar-refractivity contribution in [1.29, 1.82) is 0 Å². The van der Waals surface area contributed by atoms with Gasteiger partial charge in [0.25, 0.3) is 5.56 Å². The number of carbonyl (C=O) groups excluding carboxylic acids is 1. The van der Waals surface area contributed by atoms with Crippen LogP contribution in [0.3, 0.4) is 0 Å². The van der Waals surface area contributed by atoms with Crippen LogP contribution in [0.5, 0.6) is 0 Å². The number of aryl methyl sites for hydroxylation is 1. The minimum absolute atomic E-state index is 0.173. The Morgan fingerprint density at radius 3 is 2.38 bits per heavy atom. The zero-order valence-corrected chi connectivity index (χ0v) is 15.1. The molecule has 0 aliphatic rings. The van der Waals surface area contributed by atoms with Gasteiger partial charge in [0.2, 0.25) is 5.91 Å². The first kappa shape index (κ1) is 17.7. The summed E-state index contributed by atoms with van der Waals surface area (Å²) in [6.07, 6.45) is 1.42. The van der Waals surface area contributed by atoms with Crippen LogP contribution in [0, 0.1) is 0 Å². The molecule has 0 spiro atoms. The average Bonchev–Trinajstić information content (AvgIpc) is 3.09. The van der Waals surface area contributed by atoms with Crippen LogP contribution in [0.25, 0.3) is 11.2 Å². The first-order valence-corrected chi connectivity index (χ1v) is 8.30. The number of aromatic nitrogens is 4. The number of amides is 1. The van der Waals surface area contributed by atoms with Crippen LogP contribution < -0.4 is 16.6 Å². The van der Waals surface area contributed by atoms with Gasteiger partial charge in [0.15, 0.2) is 11.2 Å². The third-order valence-corrected chi connectivity index (χ3v) is 4.63. The molecule has 0 aliphatic carbocycles. The summed E-state index contributed by atoms with van der Waals surface area (Å²) in [6.45, 7) is 3.59. The van der Waals surface area contributed by atoms with E-state index >= 15 is 0 Å². The average molecular weight is 355 g/mol. The van der Waals surface area contributed by atoms with Crippen LogP contribution in [0.15, 0.2) is 46.2 Å². The van der Waals surface area contributed by atoms with Crippen LogP contribution in [0.2, 0.25) is 0 Å². The Balaban J connectivity index is 1.95. The molecule has 0 unspecified atom stereocenters. The zero-order chi connectivity index (χ0) is 19.0. The van der Waals surface area contributed by atoms with Crippen molar-refractivity contribution in [1.82, 2.24) is 24.0 Å². The second kappa shape index (κ2) is 6.62. The lowest BCUT2D eigenvalue weighted by Gasteiger charge is -2.19. The SMILES string of the molecule is C[C@H](NC(=O)[C@@H](C)n1cnc2c1c(=O)n(C)c(=O)n2C)c1ccccc1. The van der Waals surface area contributed by atoms with Crippen LogP contribution in [-0.2, 0) is 18.9 Å². The summed E-state index contributed by atoms with van der Waals surface area (Å²) in [5.41, 5.74) is 0.541. The van der Waals surface area contributed by atoms with Crippen molar-refractivity contribution in [2.75, 3.05) is 0 Å². The summed E-state index contributed by atoms with van der Waals surface area (Å²) in [7, 11) is 2.95. The molecule has 2 atom stereocenters. The number of nitrogens with zero attached hydrogens (tertiary/aromatic N) is 4. The second-order valence-electron chi connectivity index (χ2n) is 6.35. The molecule has 1 N–H and O–H groups in total. The summed E-state index contributed by atoms with van der Waals surface area (Å²) in [6, 6.07) is 8.79. The van der Waals surface area contributed by atoms with Crippen LogP contribution in [0.4, 0.5) is 0 Å². The Kier molecular flexibility index (Phi) is 4.50. The van der Waals surface area contributed by atoms with Gasteiger partial charge in [0.1, 0.15) is 6.04 Å². The Hall–Kier alpha value is -3.16. The largest absolute Gasteiger partial charge is 0.348 e. The molecule has 0 aliphatic heterocycles. The third-order valence-electron chi connectivity index (χ3n) is 4.63. The van der Waals surface area contributed by atoms with Gasteiger partial charge in [-0.25, -0.2) is 9.78 Å². The van der Waals surface area contributed by atoms with Gasteiger partial charge in [-0.1, -0.05) is 30.3 Å².